The number of carbonyl (C=O) groups excluding carboxylic acids is 1. The van der Waals surface area contributed by atoms with Crippen molar-refractivity contribution in [1.82, 2.24) is 9.88 Å². The summed E-state index contributed by atoms with van der Waals surface area (Å²) in [5.41, 5.74) is 1.46. The minimum absolute atomic E-state index is 0.0714. The van der Waals surface area contributed by atoms with Crippen LogP contribution in [-0.4, -0.2) is 53.9 Å². The van der Waals surface area contributed by atoms with Crippen molar-refractivity contribution in [1.29, 1.82) is 0 Å². The number of likely N-dealkylation sites (tertiary alicyclic amines) is 1. The van der Waals surface area contributed by atoms with Gasteiger partial charge in [-0.25, -0.2) is 14.6 Å². The van der Waals surface area contributed by atoms with E-state index in [4.69, 9.17) is 13.9 Å². The average molecular weight is 498 g/mol. The van der Waals surface area contributed by atoms with Gasteiger partial charge in [-0.2, -0.15) is 0 Å². The molecular weight excluding hydrogens is 466 g/mol. The Morgan fingerprint density at radius 3 is 2.57 bits per heavy atom. The molecule has 3 aromatic rings. The van der Waals surface area contributed by atoms with Crippen LogP contribution >= 0.6 is 11.3 Å². The number of ether oxygens (including phenoxy) is 2. The van der Waals surface area contributed by atoms with E-state index in [1.807, 2.05) is 44.4 Å². The number of amides is 1. The van der Waals surface area contributed by atoms with Gasteiger partial charge in [0.25, 0.3) is 0 Å². The van der Waals surface area contributed by atoms with E-state index in [1.165, 1.54) is 24.2 Å². The number of carbonyl (C=O) groups is 1. The van der Waals surface area contributed by atoms with E-state index >= 15 is 0 Å². The van der Waals surface area contributed by atoms with Gasteiger partial charge in [0.1, 0.15) is 17.5 Å². The normalized spacial score (nSPS) is 17.2. The van der Waals surface area contributed by atoms with E-state index in [0.29, 0.717) is 48.1 Å². The highest BCUT2D eigenvalue weighted by Crippen LogP contribution is 2.36. The topological polar surface area (TPSA) is 85.1 Å². The van der Waals surface area contributed by atoms with Gasteiger partial charge >= 0.3 is 11.7 Å². The predicted octanol–water partition coefficient (Wildman–Crippen LogP) is 5.30. The molecule has 0 radical (unpaired) electrons. The van der Waals surface area contributed by atoms with Crippen LogP contribution in [-0.2, 0) is 4.74 Å². The van der Waals surface area contributed by atoms with Crippen LogP contribution in [0, 0.1) is 0 Å². The largest absolute Gasteiger partial charge is 0.489 e. The van der Waals surface area contributed by atoms with Crippen LogP contribution in [0.15, 0.2) is 38.2 Å². The summed E-state index contributed by atoms with van der Waals surface area (Å²) in [6, 6.07) is 6.00. The second kappa shape index (κ2) is 9.53. The third kappa shape index (κ3) is 5.29. The average Bonchev–Trinajstić information content (AvgIpc) is 3.51. The number of nitrogens with zero attached hydrogens (tertiary/aromatic N) is 3. The van der Waals surface area contributed by atoms with E-state index in [0.717, 1.165) is 18.8 Å². The maximum atomic E-state index is 12.5. The lowest BCUT2D eigenvalue weighted by molar-refractivity contribution is 0.0127. The SMILES string of the molecule is CC(C)(C)OC(=O)N1CCC(Oc2cc(N3CCCC3)ccc2-c2nc3cscc3c(=O)o2)CC1. The van der Waals surface area contributed by atoms with Crippen molar-refractivity contribution in [3.8, 4) is 17.2 Å². The van der Waals surface area contributed by atoms with Crippen LogP contribution in [0.3, 0.4) is 0 Å². The molecule has 1 amide bonds. The van der Waals surface area contributed by atoms with Crippen molar-refractivity contribution < 1.29 is 18.7 Å². The van der Waals surface area contributed by atoms with Crippen LogP contribution < -0.4 is 15.3 Å². The number of piperidine rings is 1. The van der Waals surface area contributed by atoms with Gasteiger partial charge in [-0.1, -0.05) is 0 Å². The molecule has 0 atom stereocenters. The second-order valence-corrected chi connectivity index (χ2v) is 10.9. The summed E-state index contributed by atoms with van der Waals surface area (Å²) in [7, 11) is 0. The highest BCUT2D eigenvalue weighted by atomic mass is 32.1. The maximum Gasteiger partial charge on any atom is 0.410 e. The highest BCUT2D eigenvalue weighted by molar-refractivity contribution is 7.09. The Morgan fingerprint density at radius 1 is 1.11 bits per heavy atom. The van der Waals surface area contributed by atoms with Gasteiger partial charge in [-0.05, 0) is 45.7 Å². The Bertz CT molecular complexity index is 1260. The van der Waals surface area contributed by atoms with Gasteiger partial charge in [-0.3, -0.25) is 0 Å². The molecular formula is C26H31N3O5S. The van der Waals surface area contributed by atoms with Crippen molar-refractivity contribution in [2.75, 3.05) is 31.1 Å². The molecule has 0 saturated carbocycles. The fourth-order valence-corrected chi connectivity index (χ4v) is 5.27. The number of aromatic nitrogens is 1. The summed E-state index contributed by atoms with van der Waals surface area (Å²) in [6.45, 7) is 8.77. The monoisotopic (exact) mass is 497 g/mol. The fourth-order valence-electron chi connectivity index (χ4n) is 4.54. The van der Waals surface area contributed by atoms with Crippen molar-refractivity contribution in [3.63, 3.8) is 0 Å². The molecule has 2 aliphatic rings. The molecule has 186 valence electrons. The van der Waals surface area contributed by atoms with Gasteiger partial charge in [0.15, 0.2) is 0 Å². The molecule has 35 heavy (non-hydrogen) atoms. The molecule has 0 bridgehead atoms. The molecule has 0 spiro atoms. The van der Waals surface area contributed by atoms with E-state index < -0.39 is 11.2 Å². The van der Waals surface area contributed by atoms with Gasteiger partial charge in [-0.15, -0.1) is 11.3 Å². The van der Waals surface area contributed by atoms with E-state index in [9.17, 15) is 9.59 Å². The van der Waals surface area contributed by atoms with E-state index in [1.54, 1.807) is 10.3 Å². The summed E-state index contributed by atoms with van der Waals surface area (Å²) in [4.78, 5) is 33.6. The number of fused-ring (bicyclic) bond motifs is 1. The van der Waals surface area contributed by atoms with Crippen molar-refractivity contribution in [3.05, 3.63) is 39.4 Å². The third-order valence-corrected chi connectivity index (χ3v) is 7.06. The molecule has 2 aromatic heterocycles. The van der Waals surface area contributed by atoms with Crippen LogP contribution in [0.5, 0.6) is 5.75 Å². The minimum atomic E-state index is -0.518. The molecule has 9 heteroatoms. The Labute approximate surface area is 208 Å². The standard InChI is InChI=1S/C26H31N3O5S/c1-26(2,3)34-25(31)29-12-8-18(9-13-29)32-22-14-17(28-10-4-5-11-28)6-7-19(22)23-27-21-16-35-15-20(21)24(30)33-23/h6-7,14-16,18H,4-5,8-13H2,1-3H3. The first kappa shape index (κ1) is 23.7. The second-order valence-electron chi connectivity index (χ2n) is 10.1. The number of anilines is 1. The van der Waals surface area contributed by atoms with Gasteiger partial charge < -0.3 is 23.7 Å². The fraction of sp³-hybridized carbons (Fsp3) is 0.500. The summed E-state index contributed by atoms with van der Waals surface area (Å²) in [5.74, 6) is 0.908. The zero-order valence-corrected chi connectivity index (χ0v) is 21.2. The van der Waals surface area contributed by atoms with E-state index in [2.05, 4.69) is 9.88 Å². The molecule has 4 heterocycles. The first-order chi connectivity index (χ1) is 16.8. The van der Waals surface area contributed by atoms with E-state index in [-0.39, 0.29) is 18.1 Å². The highest BCUT2D eigenvalue weighted by Gasteiger charge is 2.29. The molecule has 5 rings (SSSR count). The Hall–Kier alpha value is -3.07. The first-order valence-electron chi connectivity index (χ1n) is 12.2. The summed E-state index contributed by atoms with van der Waals surface area (Å²) >= 11 is 1.43. The van der Waals surface area contributed by atoms with Gasteiger partial charge in [0.2, 0.25) is 5.89 Å². The molecule has 0 aliphatic carbocycles. The number of thiophene rings is 1. The first-order valence-corrected chi connectivity index (χ1v) is 13.1. The van der Waals surface area contributed by atoms with Gasteiger partial charge in [0, 0.05) is 61.5 Å². The lowest BCUT2D eigenvalue weighted by Crippen LogP contribution is -2.44. The predicted molar refractivity (Wildman–Crippen MR) is 136 cm³/mol. The Kier molecular flexibility index (Phi) is 6.44. The van der Waals surface area contributed by atoms with Crippen LogP contribution in [0.2, 0.25) is 0 Å². The molecule has 1 aromatic carbocycles. The molecule has 2 fully saturated rings. The number of hydrogen-bond donors (Lipinski definition) is 0. The van der Waals surface area contributed by atoms with Crippen molar-refractivity contribution in [2.24, 2.45) is 0 Å². The maximum absolute atomic E-state index is 12.5. The lowest BCUT2D eigenvalue weighted by Gasteiger charge is -2.34. The van der Waals surface area contributed by atoms with Crippen LogP contribution in [0.25, 0.3) is 22.4 Å². The van der Waals surface area contributed by atoms with Crippen molar-refractivity contribution in [2.45, 2.75) is 58.2 Å². The summed E-state index contributed by atoms with van der Waals surface area (Å²) in [6.07, 6.45) is 3.36. The minimum Gasteiger partial charge on any atom is -0.489 e. The number of rotatable bonds is 4. The van der Waals surface area contributed by atoms with Crippen LogP contribution in [0.4, 0.5) is 10.5 Å². The zero-order chi connectivity index (χ0) is 24.6. The zero-order valence-electron chi connectivity index (χ0n) is 20.4. The quantitative estimate of drug-likeness (QED) is 0.484. The smallest absolute Gasteiger partial charge is 0.410 e. The number of benzene rings is 1. The molecule has 2 aliphatic heterocycles. The molecule has 0 N–H and O–H groups in total. The summed E-state index contributed by atoms with van der Waals surface area (Å²) in [5, 5.41) is 4.09. The van der Waals surface area contributed by atoms with Gasteiger partial charge in [0.05, 0.1) is 16.5 Å². The lowest BCUT2D eigenvalue weighted by atomic mass is 10.1. The third-order valence-electron chi connectivity index (χ3n) is 6.33. The molecule has 2 saturated heterocycles. The molecule has 8 nitrogen and oxygen atoms in total. The summed E-state index contributed by atoms with van der Waals surface area (Å²) < 4.78 is 17.6. The Morgan fingerprint density at radius 2 is 1.86 bits per heavy atom. The molecule has 0 unspecified atom stereocenters. The Balaban J connectivity index is 1.39. The van der Waals surface area contributed by atoms with Crippen LogP contribution in [0.1, 0.15) is 46.5 Å². The number of hydrogen-bond acceptors (Lipinski definition) is 8. The van der Waals surface area contributed by atoms with Crippen molar-refractivity contribution >= 4 is 34.0 Å².